The van der Waals surface area contributed by atoms with E-state index in [0.717, 1.165) is 10.5 Å². The molecule has 1 unspecified atom stereocenters. The van der Waals surface area contributed by atoms with E-state index in [9.17, 15) is 24.5 Å². The molecule has 1 fully saturated rings. The number of carbonyl (C=O) groups is 3. The molecule has 0 radical (unpaired) electrons. The Morgan fingerprint density at radius 1 is 1.27 bits per heavy atom. The highest BCUT2D eigenvalue weighted by molar-refractivity contribution is 9.09. The Kier molecular flexibility index (Phi) is 7.15. The van der Waals surface area contributed by atoms with Crippen LogP contribution in [-0.4, -0.2) is 50.1 Å². The van der Waals surface area contributed by atoms with Gasteiger partial charge in [0.1, 0.15) is 23.7 Å². The number of ether oxygens (including phenoxy) is 1. The van der Waals surface area contributed by atoms with Crippen LogP contribution < -0.4 is 5.32 Å². The number of nitro benzene ring substituents is 1. The molecular weight excluding hydrogens is 534 g/mol. The molecule has 0 saturated carbocycles. The predicted octanol–water partition coefficient (Wildman–Crippen LogP) is 2.99. The number of nitrogens with one attached hydrogen (secondary N) is 1. The van der Waals surface area contributed by atoms with Crippen LogP contribution in [0.25, 0.3) is 0 Å². The average molecular weight is 552 g/mol. The number of non-ortho nitro benzene ring substituents is 1. The maximum atomic E-state index is 12.9. The monoisotopic (exact) mass is 551 g/mol. The molecule has 2 aromatic rings. The zero-order valence-corrected chi connectivity index (χ0v) is 20.3. The fraction of sp³-hybridized carbons (Fsp3) is 0.286. The van der Waals surface area contributed by atoms with Crippen molar-refractivity contribution >= 4 is 62.5 Å². The number of nitrogens with zero attached hydrogens (tertiary/aromatic N) is 2. The van der Waals surface area contributed by atoms with E-state index in [0.29, 0.717) is 16.6 Å². The van der Waals surface area contributed by atoms with E-state index in [4.69, 9.17) is 4.74 Å². The van der Waals surface area contributed by atoms with Gasteiger partial charge in [0.15, 0.2) is 0 Å². The molecule has 4 rings (SSSR count). The lowest BCUT2D eigenvalue weighted by atomic mass is 10.0. The third-order valence-corrected chi connectivity index (χ3v) is 8.04. The van der Waals surface area contributed by atoms with Crippen molar-refractivity contribution in [2.45, 2.75) is 24.4 Å². The van der Waals surface area contributed by atoms with E-state index in [1.54, 1.807) is 0 Å². The number of thiophene rings is 1. The zero-order valence-electron chi connectivity index (χ0n) is 17.1. The normalized spacial score (nSPS) is 19.5. The molecule has 2 aliphatic heterocycles. The van der Waals surface area contributed by atoms with Crippen LogP contribution in [0, 0.1) is 10.1 Å². The summed E-state index contributed by atoms with van der Waals surface area (Å²) in [7, 11) is 0. The Morgan fingerprint density at radius 3 is 2.67 bits per heavy atom. The Hall–Kier alpha value is -2.70. The average Bonchev–Trinajstić information content (AvgIpc) is 3.33. The zero-order chi connectivity index (χ0) is 23.5. The van der Waals surface area contributed by atoms with Crippen molar-refractivity contribution in [1.29, 1.82) is 0 Å². The quantitative estimate of drug-likeness (QED) is 0.176. The van der Waals surface area contributed by atoms with Crippen molar-refractivity contribution < 1.29 is 24.0 Å². The predicted molar refractivity (Wildman–Crippen MR) is 127 cm³/mol. The van der Waals surface area contributed by atoms with Gasteiger partial charge in [-0.2, -0.15) is 0 Å². The highest BCUT2D eigenvalue weighted by Crippen LogP contribution is 2.41. The molecule has 0 aliphatic carbocycles. The van der Waals surface area contributed by atoms with Crippen molar-refractivity contribution in [3.8, 4) is 0 Å². The minimum atomic E-state index is -0.697. The van der Waals surface area contributed by atoms with Gasteiger partial charge in [0.25, 0.3) is 11.6 Å². The van der Waals surface area contributed by atoms with E-state index in [1.165, 1.54) is 52.3 Å². The van der Waals surface area contributed by atoms with Gasteiger partial charge in [-0.05, 0) is 34.7 Å². The first-order valence-corrected chi connectivity index (χ1v) is 12.9. The van der Waals surface area contributed by atoms with Crippen molar-refractivity contribution in [2.24, 2.45) is 0 Å². The first-order chi connectivity index (χ1) is 15.9. The van der Waals surface area contributed by atoms with Crippen LogP contribution in [-0.2, 0) is 32.1 Å². The third-order valence-electron chi connectivity index (χ3n) is 5.15. The highest BCUT2D eigenvalue weighted by atomic mass is 79.9. The lowest BCUT2D eigenvalue weighted by molar-refractivity contribution is -0.384. The molecular formula is C21H18BrN3O6S2. The molecule has 172 valence electrons. The lowest BCUT2D eigenvalue weighted by Gasteiger charge is -2.49. The minimum absolute atomic E-state index is 0.0557. The number of amides is 2. The number of hydrogen-bond donors (Lipinski definition) is 1. The van der Waals surface area contributed by atoms with Gasteiger partial charge in [0.05, 0.1) is 11.3 Å². The van der Waals surface area contributed by atoms with Gasteiger partial charge in [-0.1, -0.05) is 22.0 Å². The van der Waals surface area contributed by atoms with Crippen molar-refractivity contribution in [3.63, 3.8) is 0 Å². The molecule has 0 spiro atoms. The standard InChI is InChI=1S/C21H18BrN3O6S2/c22-9-13-11-33-20-17(23-16(26)8-15-2-1-7-32-15)19(27)24(20)18(13)21(28)31-10-12-3-5-14(6-4-12)25(29)30/h1-7,17,20H,8-11H2,(H,23,26)/t17?,20-/m0/s1. The van der Waals surface area contributed by atoms with Crippen LogP contribution in [0.1, 0.15) is 10.4 Å². The number of nitro groups is 1. The fourth-order valence-corrected chi connectivity index (χ4v) is 6.28. The van der Waals surface area contributed by atoms with Crippen LogP contribution in [0.4, 0.5) is 5.69 Å². The summed E-state index contributed by atoms with van der Waals surface area (Å²) in [5.41, 5.74) is 1.44. The smallest absolute Gasteiger partial charge is 0.355 e. The summed E-state index contributed by atoms with van der Waals surface area (Å²) in [4.78, 5) is 50.7. The number of fused-ring (bicyclic) bond motifs is 1. The molecule has 33 heavy (non-hydrogen) atoms. The molecule has 2 atom stereocenters. The maximum Gasteiger partial charge on any atom is 0.355 e. The second kappa shape index (κ2) is 10.1. The number of β-lactam (4-membered cyclic amide) rings is 1. The first-order valence-electron chi connectivity index (χ1n) is 9.84. The second-order valence-electron chi connectivity index (χ2n) is 7.30. The van der Waals surface area contributed by atoms with E-state index in [-0.39, 0.29) is 41.6 Å². The molecule has 1 N–H and O–H groups in total. The number of hydrogen-bond acceptors (Lipinski definition) is 8. The van der Waals surface area contributed by atoms with Crippen molar-refractivity contribution in [2.75, 3.05) is 11.1 Å². The highest BCUT2D eigenvalue weighted by Gasteiger charge is 2.54. The Morgan fingerprint density at radius 2 is 2.03 bits per heavy atom. The summed E-state index contributed by atoms with van der Waals surface area (Å²) >= 11 is 6.32. The first kappa shape index (κ1) is 23.5. The van der Waals surface area contributed by atoms with Crippen molar-refractivity contribution in [3.05, 3.63) is 73.6 Å². The van der Waals surface area contributed by atoms with Gasteiger partial charge in [-0.25, -0.2) is 4.79 Å². The number of esters is 1. The van der Waals surface area contributed by atoms with E-state index in [1.807, 2.05) is 17.5 Å². The van der Waals surface area contributed by atoms with Gasteiger partial charge < -0.3 is 10.1 Å². The summed E-state index contributed by atoms with van der Waals surface area (Å²) in [6, 6.07) is 8.72. The number of thioether (sulfide) groups is 1. The molecule has 9 nitrogen and oxygen atoms in total. The Bertz CT molecular complexity index is 1120. The largest absolute Gasteiger partial charge is 0.456 e. The van der Waals surface area contributed by atoms with E-state index < -0.39 is 16.9 Å². The Labute approximate surface area is 205 Å². The van der Waals surface area contributed by atoms with Gasteiger partial charge in [-0.3, -0.25) is 24.6 Å². The van der Waals surface area contributed by atoms with Crippen LogP contribution in [0.3, 0.4) is 0 Å². The van der Waals surface area contributed by atoms with Gasteiger partial charge >= 0.3 is 5.97 Å². The summed E-state index contributed by atoms with van der Waals surface area (Å²) in [5.74, 6) is -0.732. The molecule has 1 aromatic heterocycles. The SMILES string of the molecule is O=C(Cc1cccs1)NC1C(=O)N2C(C(=O)OCc3ccc([N+](=O)[O-])cc3)=C(CBr)CS[C@@H]12. The summed E-state index contributed by atoms with van der Waals surface area (Å²) in [5, 5.41) is 15.5. The number of rotatable bonds is 8. The molecule has 12 heteroatoms. The van der Waals surface area contributed by atoms with E-state index >= 15 is 0 Å². The molecule has 2 amide bonds. The molecule has 1 aromatic carbocycles. The number of benzene rings is 1. The van der Waals surface area contributed by atoms with Gasteiger partial charge in [-0.15, -0.1) is 23.1 Å². The number of carbonyl (C=O) groups excluding carboxylic acids is 3. The summed E-state index contributed by atoms with van der Waals surface area (Å²) < 4.78 is 5.41. The fourth-order valence-electron chi connectivity index (χ4n) is 3.50. The topological polar surface area (TPSA) is 119 Å². The van der Waals surface area contributed by atoms with Crippen LogP contribution in [0.5, 0.6) is 0 Å². The number of alkyl halides is 1. The third kappa shape index (κ3) is 4.97. The number of halogens is 1. The van der Waals surface area contributed by atoms with Crippen LogP contribution >= 0.6 is 39.0 Å². The molecule has 0 bridgehead atoms. The molecule has 1 saturated heterocycles. The van der Waals surface area contributed by atoms with Crippen LogP contribution in [0.2, 0.25) is 0 Å². The molecule has 2 aliphatic rings. The second-order valence-corrected chi connectivity index (χ2v) is 9.99. The maximum absolute atomic E-state index is 12.9. The van der Waals surface area contributed by atoms with E-state index in [2.05, 4.69) is 21.2 Å². The van der Waals surface area contributed by atoms with Gasteiger partial charge in [0.2, 0.25) is 5.91 Å². The Balaban J connectivity index is 1.41. The summed E-state index contributed by atoms with van der Waals surface area (Å²) in [6.07, 6.45) is 0.200. The van der Waals surface area contributed by atoms with Gasteiger partial charge in [0, 0.05) is 28.1 Å². The van der Waals surface area contributed by atoms with Crippen LogP contribution in [0.15, 0.2) is 53.0 Å². The molecule has 3 heterocycles. The lowest BCUT2D eigenvalue weighted by Crippen LogP contribution is -2.70. The minimum Gasteiger partial charge on any atom is -0.456 e. The summed E-state index contributed by atoms with van der Waals surface area (Å²) in [6.45, 7) is -0.0866. The van der Waals surface area contributed by atoms with Crippen molar-refractivity contribution in [1.82, 2.24) is 10.2 Å².